The molecule has 38 heavy (non-hydrogen) atoms. The number of hydrogen-bond acceptors (Lipinski definition) is 5. The number of methoxy groups -OCH3 is 1. The number of carbonyl (C=O) groups excluding carboxylic acids is 1. The number of allylic oxidation sites excluding steroid dienone is 1. The number of amides is 1. The van der Waals surface area contributed by atoms with Crippen LogP contribution in [0.25, 0.3) is 0 Å². The summed E-state index contributed by atoms with van der Waals surface area (Å²) in [4.78, 5) is 14.6. The van der Waals surface area contributed by atoms with E-state index in [2.05, 4.69) is 41.8 Å². The van der Waals surface area contributed by atoms with E-state index in [1.807, 2.05) is 25.3 Å². The van der Waals surface area contributed by atoms with Gasteiger partial charge < -0.3 is 20.1 Å². The van der Waals surface area contributed by atoms with Crippen LogP contribution in [0.4, 0.5) is 5.69 Å². The lowest BCUT2D eigenvalue weighted by Crippen LogP contribution is -2.49. The minimum atomic E-state index is -0.420. The molecule has 5 rings (SSSR count). The number of unbranched alkanes of at least 4 members (excludes halogenated alkanes) is 1. The molecule has 2 aliphatic carbocycles. The number of thiol groups is 1. The van der Waals surface area contributed by atoms with Gasteiger partial charge in [0, 0.05) is 36.2 Å². The molecule has 1 amide bonds. The van der Waals surface area contributed by atoms with Crippen LogP contribution in [0, 0.1) is 11.8 Å². The normalized spacial score (nSPS) is 25.3. The van der Waals surface area contributed by atoms with Crippen LogP contribution in [0.3, 0.4) is 0 Å². The fraction of sp³-hybridized carbons (Fsp3) is 0.516. The number of ether oxygens (including phenoxy) is 2. The Hall–Kier alpha value is -2.15. The Kier molecular flexibility index (Phi) is 8.61. The first-order valence-corrected chi connectivity index (χ1v) is 14.9. The number of aryl methyl sites for hydroxylation is 1. The van der Waals surface area contributed by atoms with Crippen LogP contribution in [-0.2, 0) is 16.6 Å². The fourth-order valence-electron chi connectivity index (χ4n) is 6.64. The van der Waals surface area contributed by atoms with Gasteiger partial charge >= 0.3 is 0 Å². The van der Waals surface area contributed by atoms with Gasteiger partial charge in [-0.3, -0.25) is 4.79 Å². The van der Waals surface area contributed by atoms with Gasteiger partial charge in [-0.2, -0.15) is 12.6 Å². The van der Waals surface area contributed by atoms with Crippen LogP contribution in [0.1, 0.15) is 60.0 Å². The molecule has 0 radical (unpaired) electrons. The summed E-state index contributed by atoms with van der Waals surface area (Å²) in [5.74, 6) is 2.25. The highest BCUT2D eigenvalue weighted by Gasteiger charge is 2.44. The average Bonchev–Trinajstić information content (AvgIpc) is 3.05. The first-order chi connectivity index (χ1) is 18.4. The molecule has 1 saturated carbocycles. The quantitative estimate of drug-likeness (QED) is 0.219. The summed E-state index contributed by atoms with van der Waals surface area (Å²) in [6.45, 7) is 2.32. The molecule has 204 valence electrons. The van der Waals surface area contributed by atoms with Gasteiger partial charge in [0.05, 0.1) is 18.4 Å². The molecule has 1 aliphatic heterocycles. The highest BCUT2D eigenvalue weighted by molar-refractivity contribution is 7.80. The van der Waals surface area contributed by atoms with Crippen molar-refractivity contribution in [2.75, 3.05) is 37.5 Å². The van der Waals surface area contributed by atoms with Crippen molar-refractivity contribution >= 4 is 35.8 Å². The lowest BCUT2D eigenvalue weighted by atomic mass is 9.68. The Morgan fingerprint density at radius 2 is 2.18 bits per heavy atom. The highest BCUT2D eigenvalue weighted by atomic mass is 35.5. The third kappa shape index (κ3) is 5.59. The number of nitrogens with two attached hydrogens (primary N) is 1. The van der Waals surface area contributed by atoms with E-state index in [0.29, 0.717) is 24.0 Å². The van der Waals surface area contributed by atoms with E-state index in [9.17, 15) is 4.79 Å². The maximum absolute atomic E-state index is 12.1. The van der Waals surface area contributed by atoms with Crippen LogP contribution in [-0.4, -0.2) is 44.6 Å². The van der Waals surface area contributed by atoms with Crippen molar-refractivity contribution in [3.63, 3.8) is 0 Å². The number of rotatable bonds is 9. The molecular formula is C31H39ClN2O3S. The van der Waals surface area contributed by atoms with Gasteiger partial charge in [-0.25, -0.2) is 0 Å². The SMILES string of the molecule is CO[C@@H](/C=C/CCCS)[C@@H]1CC[C@H]1CN1C[C@@]2(CCCc3cc(Cl)ccc32)COc2ccc(C(N)=O)cc21. The minimum Gasteiger partial charge on any atom is -0.490 e. The molecule has 5 nitrogen and oxygen atoms in total. The summed E-state index contributed by atoms with van der Waals surface area (Å²) in [5.41, 5.74) is 9.68. The molecule has 3 aliphatic rings. The van der Waals surface area contributed by atoms with E-state index in [1.165, 1.54) is 11.1 Å². The van der Waals surface area contributed by atoms with Crippen LogP contribution in [0.5, 0.6) is 5.75 Å². The molecule has 2 aromatic carbocycles. The predicted octanol–water partition coefficient (Wildman–Crippen LogP) is 6.22. The highest BCUT2D eigenvalue weighted by Crippen LogP contribution is 2.46. The third-order valence-electron chi connectivity index (χ3n) is 8.80. The standard InChI is InChI=1S/C31H39ClN2O3S/c1-36-28(7-3-2-4-15-38)25-11-8-23(25)18-34-19-31(14-5-6-21-16-24(32)10-12-26(21)31)20-37-29-13-9-22(30(33)35)17-27(29)34/h3,7,9-10,12-13,16-17,23,25,28,38H,2,4-6,8,11,14-15,18-20H2,1H3,(H2,33,35)/b7-3+/t23-,25+,28-,31-/m0/s1. The lowest BCUT2D eigenvalue weighted by Gasteiger charge is -2.46. The van der Waals surface area contributed by atoms with Crippen molar-refractivity contribution in [1.29, 1.82) is 0 Å². The van der Waals surface area contributed by atoms with Gasteiger partial charge in [0.15, 0.2) is 0 Å². The molecule has 0 unspecified atom stereocenters. The van der Waals surface area contributed by atoms with Crippen molar-refractivity contribution in [2.24, 2.45) is 17.6 Å². The van der Waals surface area contributed by atoms with E-state index in [1.54, 1.807) is 6.07 Å². The van der Waals surface area contributed by atoms with Gasteiger partial charge in [0.25, 0.3) is 0 Å². The summed E-state index contributed by atoms with van der Waals surface area (Å²) >= 11 is 10.7. The largest absolute Gasteiger partial charge is 0.490 e. The zero-order chi connectivity index (χ0) is 26.7. The first kappa shape index (κ1) is 27.4. The van der Waals surface area contributed by atoms with Crippen molar-refractivity contribution in [1.82, 2.24) is 0 Å². The Bertz CT molecular complexity index is 1190. The molecule has 1 spiro atoms. The second-order valence-electron chi connectivity index (χ2n) is 11.1. The van der Waals surface area contributed by atoms with E-state index in [4.69, 9.17) is 26.8 Å². The van der Waals surface area contributed by atoms with Crippen molar-refractivity contribution < 1.29 is 14.3 Å². The number of carbonyl (C=O) groups is 1. The van der Waals surface area contributed by atoms with Gasteiger partial charge in [0.1, 0.15) is 5.75 Å². The Labute approximate surface area is 237 Å². The number of nitrogens with zero attached hydrogens (tertiary/aromatic N) is 1. The second kappa shape index (κ2) is 11.9. The van der Waals surface area contributed by atoms with Crippen LogP contribution in [0.15, 0.2) is 48.6 Å². The van der Waals surface area contributed by atoms with Gasteiger partial charge in [-0.15, -0.1) is 0 Å². The first-order valence-electron chi connectivity index (χ1n) is 13.8. The molecule has 0 bridgehead atoms. The van der Waals surface area contributed by atoms with Crippen molar-refractivity contribution in [2.45, 2.75) is 56.5 Å². The van der Waals surface area contributed by atoms with E-state index in [0.717, 1.165) is 80.2 Å². The zero-order valence-electron chi connectivity index (χ0n) is 22.2. The van der Waals surface area contributed by atoms with Crippen molar-refractivity contribution in [3.05, 3.63) is 70.3 Å². The molecule has 1 heterocycles. The predicted molar refractivity (Wildman–Crippen MR) is 158 cm³/mol. The molecule has 2 aromatic rings. The van der Waals surface area contributed by atoms with Gasteiger partial charge in [-0.05, 0) is 104 Å². The van der Waals surface area contributed by atoms with Crippen molar-refractivity contribution in [3.8, 4) is 5.75 Å². The summed E-state index contributed by atoms with van der Waals surface area (Å²) in [6, 6.07) is 11.9. The van der Waals surface area contributed by atoms with E-state index < -0.39 is 5.91 Å². The van der Waals surface area contributed by atoms with Crippen LogP contribution in [0.2, 0.25) is 5.02 Å². The Morgan fingerprint density at radius 1 is 1.32 bits per heavy atom. The van der Waals surface area contributed by atoms with Gasteiger partial charge in [0.2, 0.25) is 5.91 Å². The molecule has 4 atom stereocenters. The molecule has 0 saturated heterocycles. The molecule has 2 N–H and O–H groups in total. The van der Waals surface area contributed by atoms with Gasteiger partial charge in [-0.1, -0.05) is 29.8 Å². The fourth-order valence-corrected chi connectivity index (χ4v) is 7.02. The summed E-state index contributed by atoms with van der Waals surface area (Å²) in [7, 11) is 1.82. The van der Waals surface area contributed by atoms with Crippen LogP contribution < -0.4 is 15.4 Å². The maximum Gasteiger partial charge on any atom is 0.248 e. The number of hydrogen-bond donors (Lipinski definition) is 2. The summed E-state index contributed by atoms with van der Waals surface area (Å²) < 4.78 is 12.5. The summed E-state index contributed by atoms with van der Waals surface area (Å²) in [5, 5.41) is 0.784. The monoisotopic (exact) mass is 554 g/mol. The van der Waals surface area contributed by atoms with Crippen LogP contribution >= 0.6 is 24.2 Å². The molecule has 1 fully saturated rings. The molecular weight excluding hydrogens is 516 g/mol. The van der Waals surface area contributed by atoms with E-state index in [-0.39, 0.29) is 11.5 Å². The lowest BCUT2D eigenvalue weighted by molar-refractivity contribution is 0.0132. The minimum absolute atomic E-state index is 0.111. The number of primary amides is 1. The average molecular weight is 555 g/mol. The number of fused-ring (bicyclic) bond motifs is 3. The molecule has 0 aromatic heterocycles. The summed E-state index contributed by atoms with van der Waals surface area (Å²) in [6.07, 6.45) is 12.2. The Balaban J connectivity index is 1.46. The smallest absolute Gasteiger partial charge is 0.248 e. The Morgan fingerprint density at radius 3 is 2.92 bits per heavy atom. The maximum atomic E-state index is 12.1. The zero-order valence-corrected chi connectivity index (χ0v) is 23.9. The molecule has 7 heteroatoms. The second-order valence-corrected chi connectivity index (χ2v) is 12.0. The number of benzene rings is 2. The number of anilines is 1. The topological polar surface area (TPSA) is 64.8 Å². The van der Waals surface area contributed by atoms with E-state index >= 15 is 0 Å². The third-order valence-corrected chi connectivity index (χ3v) is 9.35. The number of halogens is 1.